The Hall–Kier alpha value is -3.35. The first-order chi connectivity index (χ1) is 13.5. The number of carbonyl (C=O) groups excluding carboxylic acids is 3. The van der Waals surface area contributed by atoms with Crippen molar-refractivity contribution >= 4 is 23.4 Å². The van der Waals surface area contributed by atoms with Gasteiger partial charge in [0.05, 0.1) is 5.69 Å². The number of fused-ring (bicyclic) bond motifs is 1. The van der Waals surface area contributed by atoms with Crippen LogP contribution in [0.15, 0.2) is 48.5 Å². The molecule has 3 amide bonds. The number of hydrogen-bond donors (Lipinski definition) is 1. The zero-order chi connectivity index (χ0) is 20.1. The Bertz CT molecular complexity index is 895. The van der Waals surface area contributed by atoms with Gasteiger partial charge in [0.15, 0.2) is 6.61 Å². The van der Waals surface area contributed by atoms with E-state index in [4.69, 9.17) is 4.74 Å². The normalized spacial score (nSPS) is 12.8. The summed E-state index contributed by atoms with van der Waals surface area (Å²) in [5, 5.41) is 2.84. The lowest BCUT2D eigenvalue weighted by Crippen LogP contribution is -2.41. The number of rotatable bonds is 6. The van der Waals surface area contributed by atoms with Gasteiger partial charge in [0.2, 0.25) is 5.91 Å². The second kappa shape index (κ2) is 8.56. The second-order valence-corrected chi connectivity index (χ2v) is 6.73. The lowest BCUT2D eigenvalue weighted by Gasteiger charge is -2.29. The van der Waals surface area contributed by atoms with Crippen molar-refractivity contribution in [3.63, 3.8) is 0 Å². The standard InChI is InChI=1S/C21H23N3O4/c1-23(2)21(27)16-7-5-6-15(12-16)13-22-19(25)10-11-24-17-8-3-4-9-18(17)28-14-20(24)26/h3-9,12H,10-11,13-14H2,1-2H3,(H,22,25). The number of amides is 3. The number of hydrogen-bond acceptors (Lipinski definition) is 4. The monoisotopic (exact) mass is 381 g/mol. The van der Waals surface area contributed by atoms with E-state index in [-0.39, 0.29) is 37.3 Å². The van der Waals surface area contributed by atoms with Crippen molar-refractivity contribution in [3.8, 4) is 5.75 Å². The number of anilines is 1. The molecule has 0 bridgehead atoms. The lowest BCUT2D eigenvalue weighted by atomic mass is 10.1. The van der Waals surface area contributed by atoms with Crippen LogP contribution in [0.1, 0.15) is 22.3 Å². The van der Waals surface area contributed by atoms with Crippen LogP contribution in [0.3, 0.4) is 0 Å². The maximum atomic E-state index is 12.2. The summed E-state index contributed by atoms with van der Waals surface area (Å²) in [6.07, 6.45) is 0.177. The minimum atomic E-state index is -0.166. The molecule has 1 N–H and O–H groups in total. The van der Waals surface area contributed by atoms with Crippen LogP contribution in [0.4, 0.5) is 5.69 Å². The van der Waals surface area contributed by atoms with Gasteiger partial charge in [-0.25, -0.2) is 0 Å². The molecule has 2 aromatic rings. The van der Waals surface area contributed by atoms with Crippen molar-refractivity contribution in [2.24, 2.45) is 0 Å². The SMILES string of the molecule is CN(C)C(=O)c1cccc(CNC(=O)CCN2C(=O)COc3ccccc32)c1. The quantitative estimate of drug-likeness (QED) is 0.828. The Morgan fingerprint density at radius 2 is 1.93 bits per heavy atom. The number of para-hydroxylation sites is 2. The number of benzene rings is 2. The van der Waals surface area contributed by atoms with Crippen LogP contribution in [-0.4, -0.2) is 49.9 Å². The van der Waals surface area contributed by atoms with Gasteiger partial charge < -0.3 is 19.9 Å². The van der Waals surface area contributed by atoms with E-state index in [2.05, 4.69) is 5.32 Å². The van der Waals surface area contributed by atoms with Crippen molar-refractivity contribution in [1.29, 1.82) is 0 Å². The topological polar surface area (TPSA) is 79.0 Å². The highest BCUT2D eigenvalue weighted by Crippen LogP contribution is 2.31. The zero-order valence-electron chi connectivity index (χ0n) is 16.0. The molecule has 28 heavy (non-hydrogen) atoms. The molecule has 0 fully saturated rings. The van der Waals surface area contributed by atoms with Crippen LogP contribution in [-0.2, 0) is 16.1 Å². The number of ether oxygens (including phenoxy) is 1. The van der Waals surface area contributed by atoms with Crippen LogP contribution < -0.4 is 15.0 Å². The summed E-state index contributed by atoms with van der Waals surface area (Å²) in [4.78, 5) is 39.5. The average molecular weight is 381 g/mol. The molecule has 1 aliphatic heterocycles. The molecular weight excluding hydrogens is 358 g/mol. The maximum absolute atomic E-state index is 12.2. The van der Waals surface area contributed by atoms with Crippen LogP contribution in [0.5, 0.6) is 5.75 Å². The molecule has 0 atom stereocenters. The smallest absolute Gasteiger partial charge is 0.265 e. The van der Waals surface area contributed by atoms with E-state index in [0.717, 1.165) is 5.56 Å². The molecule has 0 spiro atoms. The molecule has 3 rings (SSSR count). The van der Waals surface area contributed by atoms with Crippen LogP contribution >= 0.6 is 0 Å². The highest BCUT2D eigenvalue weighted by Gasteiger charge is 2.25. The summed E-state index contributed by atoms with van der Waals surface area (Å²) in [6, 6.07) is 14.4. The molecule has 2 aromatic carbocycles. The molecule has 0 saturated heterocycles. The van der Waals surface area contributed by atoms with Gasteiger partial charge in [0.1, 0.15) is 5.75 Å². The van der Waals surface area contributed by atoms with Gasteiger partial charge in [-0.3, -0.25) is 14.4 Å². The summed E-state index contributed by atoms with van der Waals surface area (Å²) >= 11 is 0. The Morgan fingerprint density at radius 1 is 1.14 bits per heavy atom. The first-order valence-corrected chi connectivity index (χ1v) is 9.05. The average Bonchev–Trinajstić information content (AvgIpc) is 2.71. The van der Waals surface area contributed by atoms with Crippen molar-refractivity contribution in [1.82, 2.24) is 10.2 Å². The maximum Gasteiger partial charge on any atom is 0.265 e. The van der Waals surface area contributed by atoms with E-state index < -0.39 is 0 Å². The van der Waals surface area contributed by atoms with Crippen LogP contribution in [0.25, 0.3) is 0 Å². The fourth-order valence-corrected chi connectivity index (χ4v) is 2.97. The zero-order valence-corrected chi connectivity index (χ0v) is 16.0. The fraction of sp³-hybridized carbons (Fsp3) is 0.286. The van der Waals surface area contributed by atoms with E-state index >= 15 is 0 Å². The number of nitrogens with one attached hydrogen (secondary N) is 1. The van der Waals surface area contributed by atoms with Crippen LogP contribution in [0.2, 0.25) is 0 Å². The van der Waals surface area contributed by atoms with Gasteiger partial charge in [-0.15, -0.1) is 0 Å². The highest BCUT2D eigenvalue weighted by atomic mass is 16.5. The largest absolute Gasteiger partial charge is 0.482 e. The predicted molar refractivity (Wildman–Crippen MR) is 105 cm³/mol. The third-order valence-corrected chi connectivity index (χ3v) is 4.44. The van der Waals surface area contributed by atoms with Gasteiger partial charge in [-0.05, 0) is 29.8 Å². The Balaban J connectivity index is 1.55. The number of nitrogens with zero attached hydrogens (tertiary/aromatic N) is 2. The molecule has 7 nitrogen and oxygen atoms in total. The van der Waals surface area contributed by atoms with E-state index in [9.17, 15) is 14.4 Å². The molecule has 146 valence electrons. The Morgan fingerprint density at radius 3 is 2.71 bits per heavy atom. The van der Waals surface area contributed by atoms with Gasteiger partial charge >= 0.3 is 0 Å². The van der Waals surface area contributed by atoms with Gasteiger partial charge in [0.25, 0.3) is 11.8 Å². The third-order valence-electron chi connectivity index (χ3n) is 4.44. The molecule has 0 saturated carbocycles. The first kappa shape index (κ1) is 19.4. The fourth-order valence-electron chi connectivity index (χ4n) is 2.97. The predicted octanol–water partition coefficient (Wildman–Crippen LogP) is 1.82. The minimum absolute atomic E-state index is 0.0225. The summed E-state index contributed by atoms with van der Waals surface area (Å²) in [5.74, 6) is 0.227. The molecule has 0 aliphatic carbocycles. The molecule has 1 aliphatic rings. The van der Waals surface area contributed by atoms with E-state index in [1.165, 1.54) is 4.90 Å². The second-order valence-electron chi connectivity index (χ2n) is 6.73. The summed E-state index contributed by atoms with van der Waals surface area (Å²) in [7, 11) is 3.39. The lowest BCUT2D eigenvalue weighted by molar-refractivity contribution is -0.122. The molecule has 1 heterocycles. The minimum Gasteiger partial charge on any atom is -0.482 e. The highest BCUT2D eigenvalue weighted by molar-refractivity contribution is 5.98. The molecule has 0 unspecified atom stereocenters. The summed E-state index contributed by atoms with van der Waals surface area (Å²) < 4.78 is 5.40. The van der Waals surface area contributed by atoms with E-state index in [1.54, 1.807) is 49.3 Å². The van der Waals surface area contributed by atoms with E-state index in [0.29, 0.717) is 23.5 Å². The number of carbonyl (C=O) groups is 3. The molecule has 7 heteroatoms. The van der Waals surface area contributed by atoms with Gasteiger partial charge in [0, 0.05) is 39.2 Å². The van der Waals surface area contributed by atoms with Crippen molar-refractivity contribution in [2.45, 2.75) is 13.0 Å². The van der Waals surface area contributed by atoms with Gasteiger partial charge in [-0.2, -0.15) is 0 Å². The van der Waals surface area contributed by atoms with Crippen molar-refractivity contribution in [3.05, 3.63) is 59.7 Å². The van der Waals surface area contributed by atoms with Gasteiger partial charge in [-0.1, -0.05) is 24.3 Å². The first-order valence-electron chi connectivity index (χ1n) is 9.05. The van der Waals surface area contributed by atoms with E-state index in [1.807, 2.05) is 18.2 Å². The summed E-state index contributed by atoms with van der Waals surface area (Å²) in [6.45, 7) is 0.580. The molecule has 0 aromatic heterocycles. The Kier molecular flexibility index (Phi) is 5.93. The van der Waals surface area contributed by atoms with Crippen molar-refractivity contribution < 1.29 is 19.1 Å². The molecule has 0 radical (unpaired) electrons. The molecular formula is C21H23N3O4. The third kappa shape index (κ3) is 4.49. The van der Waals surface area contributed by atoms with Crippen LogP contribution in [0, 0.1) is 0 Å². The summed E-state index contributed by atoms with van der Waals surface area (Å²) in [5.41, 5.74) is 2.10. The van der Waals surface area contributed by atoms with Crippen molar-refractivity contribution in [2.75, 3.05) is 32.1 Å². The Labute approximate surface area is 163 Å².